The summed E-state index contributed by atoms with van der Waals surface area (Å²) >= 11 is 37.0. The van der Waals surface area contributed by atoms with Crippen LogP contribution in [0.15, 0.2) is 200 Å². The number of amides is 3. The van der Waals surface area contributed by atoms with Gasteiger partial charge in [0.05, 0.1) is 19.8 Å². The number of ether oxygens (including phenoxy) is 6. The van der Waals surface area contributed by atoms with Gasteiger partial charge in [-0.2, -0.15) is 0 Å². The number of benzene rings is 9. The fourth-order valence-corrected chi connectivity index (χ4v) is 16.9. The number of fused-ring (bicyclic) bond motifs is 9. The number of nitrogens with one attached hydrogen (secondary N) is 4. The third-order valence-electron chi connectivity index (χ3n) is 21.5. The molecule has 0 spiro atoms. The molecule has 4 aliphatic rings. The Labute approximate surface area is 706 Å². The average molecular weight is 1680 g/mol. The second kappa shape index (κ2) is 39.6. The van der Waals surface area contributed by atoms with Gasteiger partial charge in [-0.25, -0.2) is 14.4 Å². The minimum absolute atomic E-state index is 0.0814. The molecule has 604 valence electrons. The van der Waals surface area contributed by atoms with E-state index in [0.717, 1.165) is 123 Å². The van der Waals surface area contributed by atoms with Crippen molar-refractivity contribution in [2.75, 3.05) is 72.2 Å². The van der Waals surface area contributed by atoms with Crippen molar-refractivity contribution in [3.63, 3.8) is 0 Å². The molecule has 1 fully saturated rings. The van der Waals surface area contributed by atoms with E-state index in [1.165, 1.54) is 49.7 Å². The molecule has 16 rings (SSSR count). The van der Waals surface area contributed by atoms with Crippen molar-refractivity contribution < 1.29 is 47.9 Å². The molecule has 9 aromatic carbocycles. The molecule has 3 amide bonds. The van der Waals surface area contributed by atoms with Gasteiger partial charge in [0.15, 0.2) is 0 Å². The Hall–Kier alpha value is -9.57. The van der Waals surface area contributed by atoms with E-state index in [1.807, 2.05) is 127 Å². The van der Waals surface area contributed by atoms with Crippen molar-refractivity contribution in [2.45, 2.75) is 115 Å². The second-order valence-corrected chi connectivity index (χ2v) is 32.1. The normalized spacial score (nSPS) is 15.8. The Balaban J connectivity index is 0.000000144. The zero-order valence-corrected chi connectivity index (χ0v) is 69.3. The quantitative estimate of drug-likeness (QED) is 0.0340. The highest BCUT2D eigenvalue weighted by atomic mass is 35.5. The molecule has 1 saturated carbocycles. The van der Waals surface area contributed by atoms with E-state index < -0.39 is 18.3 Å². The summed E-state index contributed by atoms with van der Waals surface area (Å²) in [4.78, 5) is 58.8. The van der Waals surface area contributed by atoms with Crippen LogP contribution in [0.2, 0.25) is 30.1 Å². The fourth-order valence-electron chi connectivity index (χ4n) is 16.0. The van der Waals surface area contributed by atoms with Crippen LogP contribution in [-0.2, 0) is 19.3 Å². The lowest BCUT2D eigenvalue weighted by Crippen LogP contribution is -2.42. The first-order valence-corrected chi connectivity index (χ1v) is 42.2. The lowest BCUT2D eigenvalue weighted by Gasteiger charge is -2.35. The third-order valence-corrected chi connectivity index (χ3v) is 23.0. The van der Waals surface area contributed by atoms with Gasteiger partial charge in [-0.1, -0.05) is 133 Å². The van der Waals surface area contributed by atoms with E-state index in [0.29, 0.717) is 124 Å². The van der Waals surface area contributed by atoms with Crippen molar-refractivity contribution >= 4 is 121 Å². The van der Waals surface area contributed by atoms with E-state index in [9.17, 15) is 14.4 Å². The van der Waals surface area contributed by atoms with Crippen LogP contribution in [0.1, 0.15) is 140 Å². The molecule has 24 heteroatoms. The average Bonchev–Trinajstić information content (AvgIpc) is 1.60. The second-order valence-electron chi connectivity index (χ2n) is 29.4. The van der Waals surface area contributed by atoms with Crippen molar-refractivity contribution in [1.29, 1.82) is 0 Å². The molecule has 0 bridgehead atoms. The van der Waals surface area contributed by atoms with Gasteiger partial charge in [0, 0.05) is 125 Å². The third kappa shape index (κ3) is 20.5. The van der Waals surface area contributed by atoms with E-state index in [2.05, 4.69) is 39.0 Å². The zero-order valence-electron chi connectivity index (χ0n) is 64.8. The molecule has 116 heavy (non-hydrogen) atoms. The van der Waals surface area contributed by atoms with Gasteiger partial charge < -0.3 is 58.7 Å². The van der Waals surface area contributed by atoms with Gasteiger partial charge in [-0.3, -0.25) is 14.7 Å². The van der Waals surface area contributed by atoms with Crippen LogP contribution in [0.5, 0.6) is 34.5 Å². The number of aromatic nitrogens is 3. The number of H-pyrrole nitrogens is 3. The van der Waals surface area contributed by atoms with E-state index in [4.69, 9.17) is 103 Å². The fraction of sp³-hybridized carbons (Fsp3) is 0.315. The lowest BCUT2D eigenvalue weighted by atomic mass is 9.92. The standard InChI is InChI=1S/C33H37Cl2N3O3.C32H33Cl2N3O3.C27H24Cl2N2O4/c1-3-17-37(18-4-2)19-5-21-40-26-11-6-23(7-12-26)32-31-28(29-22-25(35)10-15-30(29)36-31)16-20-38(32)33(39)41-27-13-8-24(34)9-14-27;33-22-8-13-26(14-9-22)40-32(38)37-18-16-27-28-20-23(34)10-15-29(28)36-30(27)31(37)21-6-11-25(12-7-21)39-19-3-17-35-24-4-1-2-5-24;28-18-4-9-21(10-5-18)35-27(33)31-13-12-22-23-16-19(29)6-11-24(23)30-25(22)26(31)17-2-7-20(8-3-17)34-15-1-14-32/h6-15,22,32,36H,3-5,16-21H2,1-2H3;6-15,20,24,31,35-36H,1-5,16-19H2;2-11,16,26,30,32H,1,12-15H2/t32-;31-;26-/m000/s1. The number of aromatic amines is 3. The Morgan fingerprint density at radius 3 is 1.04 bits per heavy atom. The maximum atomic E-state index is 13.5. The van der Waals surface area contributed by atoms with Gasteiger partial charge >= 0.3 is 18.3 Å². The SMILES string of the molecule is CCCN(CCC)CCCOc1ccc([C@H]2c3[nH]c4ccc(Cl)cc4c3CCN2C(=O)Oc2ccc(Cl)cc2)cc1.O=C(Oc1ccc(Cl)cc1)N1CCc2c([nH]c3ccc(Cl)cc23)[C@@H]1c1ccc(OCCCNC2CCCC2)cc1.O=C(Oc1ccc(Cl)cc1)N1CCc2c([nH]c3ccc(Cl)cc23)[C@@H]1c1ccc(OCCCO)cc1. The Bertz CT molecular complexity index is 5290. The van der Waals surface area contributed by atoms with Gasteiger partial charge in [-0.15, -0.1) is 0 Å². The topological polar surface area (TPSA) is 199 Å². The Kier molecular flexibility index (Phi) is 28.3. The molecular formula is C92H94Cl6N8O10. The molecule has 1 aliphatic carbocycles. The largest absolute Gasteiger partial charge is 0.494 e. The maximum absolute atomic E-state index is 13.5. The lowest BCUT2D eigenvalue weighted by molar-refractivity contribution is 0.134. The highest BCUT2D eigenvalue weighted by Crippen LogP contribution is 2.44. The summed E-state index contributed by atoms with van der Waals surface area (Å²) in [5.41, 5.74) is 12.2. The van der Waals surface area contributed by atoms with E-state index in [1.54, 1.807) is 87.5 Å². The number of rotatable bonds is 25. The van der Waals surface area contributed by atoms with Crippen LogP contribution >= 0.6 is 69.6 Å². The molecule has 18 nitrogen and oxygen atoms in total. The first-order chi connectivity index (χ1) is 56.5. The van der Waals surface area contributed by atoms with Crippen LogP contribution in [0.4, 0.5) is 14.4 Å². The monoisotopic (exact) mass is 1680 g/mol. The number of nitrogens with zero attached hydrogens (tertiary/aromatic N) is 4. The number of aliphatic hydroxyl groups is 1. The molecule has 3 aliphatic heterocycles. The molecule has 6 heterocycles. The summed E-state index contributed by atoms with van der Waals surface area (Å²) in [6.07, 6.45) is 10.9. The van der Waals surface area contributed by atoms with Crippen LogP contribution in [0, 0.1) is 0 Å². The first-order valence-electron chi connectivity index (χ1n) is 39.9. The van der Waals surface area contributed by atoms with Gasteiger partial charge in [0.25, 0.3) is 0 Å². The van der Waals surface area contributed by atoms with Crippen molar-refractivity contribution in [2.24, 2.45) is 0 Å². The predicted octanol–water partition coefficient (Wildman–Crippen LogP) is 22.8. The molecule has 0 saturated heterocycles. The minimum atomic E-state index is -0.442. The van der Waals surface area contributed by atoms with Crippen LogP contribution in [-0.4, -0.2) is 136 Å². The van der Waals surface area contributed by atoms with Crippen molar-refractivity contribution in [3.8, 4) is 34.5 Å². The molecule has 3 atom stereocenters. The summed E-state index contributed by atoms with van der Waals surface area (Å²) in [6, 6.07) is 61.2. The number of hydrogen-bond acceptors (Lipinski definition) is 12. The number of carbonyl (C=O) groups excluding carboxylic acids is 3. The number of carbonyl (C=O) groups is 3. The van der Waals surface area contributed by atoms with E-state index in [-0.39, 0.29) is 24.7 Å². The van der Waals surface area contributed by atoms with Crippen molar-refractivity contribution in [1.82, 2.24) is 39.9 Å². The molecule has 5 N–H and O–H groups in total. The highest BCUT2D eigenvalue weighted by molar-refractivity contribution is 6.32. The van der Waals surface area contributed by atoms with Crippen LogP contribution < -0.4 is 33.7 Å². The Morgan fingerprint density at radius 2 is 0.716 bits per heavy atom. The van der Waals surface area contributed by atoms with Gasteiger partial charge in [0.2, 0.25) is 0 Å². The Morgan fingerprint density at radius 1 is 0.405 bits per heavy atom. The smallest absolute Gasteiger partial charge is 0.416 e. The zero-order chi connectivity index (χ0) is 80.6. The molecule has 12 aromatic rings. The molecular weight excluding hydrogens is 1590 g/mol. The van der Waals surface area contributed by atoms with Crippen molar-refractivity contribution in [3.05, 3.63) is 281 Å². The highest BCUT2D eigenvalue weighted by Gasteiger charge is 2.40. The minimum Gasteiger partial charge on any atom is -0.494 e. The molecule has 0 radical (unpaired) electrons. The molecule has 0 unspecified atom stereocenters. The predicted molar refractivity (Wildman–Crippen MR) is 463 cm³/mol. The maximum Gasteiger partial charge on any atom is 0.416 e. The van der Waals surface area contributed by atoms with Gasteiger partial charge in [0.1, 0.15) is 52.6 Å². The first kappa shape index (κ1) is 82.9. The number of halogens is 6. The van der Waals surface area contributed by atoms with Crippen LogP contribution in [0.25, 0.3) is 32.7 Å². The summed E-state index contributed by atoms with van der Waals surface area (Å²) in [5.74, 6) is 3.68. The summed E-state index contributed by atoms with van der Waals surface area (Å²) in [6.45, 7) is 12.1. The van der Waals surface area contributed by atoms with E-state index >= 15 is 0 Å². The van der Waals surface area contributed by atoms with Crippen LogP contribution in [0.3, 0.4) is 0 Å². The number of hydrogen-bond donors (Lipinski definition) is 5. The summed E-state index contributed by atoms with van der Waals surface area (Å²) in [7, 11) is 0. The summed E-state index contributed by atoms with van der Waals surface area (Å²) in [5, 5.41) is 19.6. The summed E-state index contributed by atoms with van der Waals surface area (Å²) < 4.78 is 35.0. The van der Waals surface area contributed by atoms with Gasteiger partial charge in [-0.05, 0) is 275 Å². The number of aliphatic hydroxyl groups excluding tert-OH is 1. The molecule has 3 aromatic heterocycles.